The molecule has 0 unspecified atom stereocenters. The molecule has 16 heavy (non-hydrogen) atoms. The van der Waals surface area contributed by atoms with Crippen molar-refractivity contribution >= 4 is 0 Å². The van der Waals surface area contributed by atoms with Crippen molar-refractivity contribution in [2.24, 2.45) is 5.73 Å². The van der Waals surface area contributed by atoms with Crippen LogP contribution in [-0.2, 0) is 0 Å². The van der Waals surface area contributed by atoms with Gasteiger partial charge in [-0.05, 0) is 33.0 Å². The molecule has 3 nitrogen and oxygen atoms in total. The summed E-state index contributed by atoms with van der Waals surface area (Å²) in [6.45, 7) is 9.92. The highest BCUT2D eigenvalue weighted by atomic mass is 15.2. The second-order valence-corrected chi connectivity index (χ2v) is 5.08. The molecule has 0 heterocycles. The molecular weight excluding hydrogens is 198 g/mol. The summed E-state index contributed by atoms with van der Waals surface area (Å²) >= 11 is 0. The van der Waals surface area contributed by atoms with Crippen molar-refractivity contribution in [3.63, 3.8) is 0 Å². The molecule has 1 aliphatic rings. The van der Waals surface area contributed by atoms with Crippen molar-refractivity contribution in [3.05, 3.63) is 0 Å². The van der Waals surface area contributed by atoms with Crippen LogP contribution in [0.25, 0.3) is 0 Å². The topological polar surface area (TPSA) is 32.5 Å². The van der Waals surface area contributed by atoms with Crippen molar-refractivity contribution in [3.8, 4) is 0 Å². The maximum Gasteiger partial charge on any atom is 0.0329 e. The van der Waals surface area contributed by atoms with Gasteiger partial charge in [-0.15, -0.1) is 0 Å². The van der Waals surface area contributed by atoms with Crippen molar-refractivity contribution in [2.75, 3.05) is 39.8 Å². The van der Waals surface area contributed by atoms with Crippen LogP contribution in [0.2, 0.25) is 0 Å². The van der Waals surface area contributed by atoms with Crippen molar-refractivity contribution in [2.45, 2.75) is 45.1 Å². The second-order valence-electron chi connectivity index (χ2n) is 5.08. The Labute approximate surface area is 101 Å². The molecule has 0 aromatic rings. The van der Waals surface area contributed by atoms with Gasteiger partial charge in [-0.3, -0.25) is 4.90 Å². The quantitative estimate of drug-likeness (QED) is 0.716. The minimum Gasteiger partial charge on any atom is -0.329 e. The zero-order valence-electron chi connectivity index (χ0n) is 11.3. The molecule has 0 aromatic heterocycles. The van der Waals surface area contributed by atoms with E-state index in [0.717, 1.165) is 26.2 Å². The molecule has 96 valence electrons. The summed E-state index contributed by atoms with van der Waals surface area (Å²) in [5.74, 6) is 0. The Morgan fingerprint density at radius 1 is 1.06 bits per heavy atom. The van der Waals surface area contributed by atoms with Crippen LogP contribution in [0.5, 0.6) is 0 Å². The van der Waals surface area contributed by atoms with Gasteiger partial charge in [0.1, 0.15) is 0 Å². The lowest BCUT2D eigenvalue weighted by Gasteiger charge is -2.39. The average molecular weight is 227 g/mol. The van der Waals surface area contributed by atoms with Crippen molar-refractivity contribution in [1.82, 2.24) is 9.80 Å². The van der Waals surface area contributed by atoms with Gasteiger partial charge in [0, 0.05) is 25.2 Å². The summed E-state index contributed by atoms with van der Waals surface area (Å²) in [4.78, 5) is 4.99. The van der Waals surface area contributed by atoms with Gasteiger partial charge < -0.3 is 10.6 Å². The molecule has 0 atom stereocenters. The molecule has 1 aliphatic carbocycles. The number of rotatable bonds is 7. The maximum atomic E-state index is 5.99. The van der Waals surface area contributed by atoms with E-state index in [4.69, 9.17) is 5.73 Å². The van der Waals surface area contributed by atoms with E-state index in [0.29, 0.717) is 5.54 Å². The van der Waals surface area contributed by atoms with Gasteiger partial charge in [-0.2, -0.15) is 0 Å². The Bertz CT molecular complexity index is 184. The first-order valence-corrected chi connectivity index (χ1v) is 6.82. The third kappa shape index (κ3) is 3.19. The monoisotopic (exact) mass is 227 g/mol. The lowest BCUT2D eigenvalue weighted by Crippen LogP contribution is -2.52. The second kappa shape index (κ2) is 6.58. The van der Waals surface area contributed by atoms with E-state index in [-0.39, 0.29) is 0 Å². The van der Waals surface area contributed by atoms with Crippen LogP contribution in [0, 0.1) is 0 Å². The minimum absolute atomic E-state index is 0.313. The van der Waals surface area contributed by atoms with Crippen LogP contribution in [0.3, 0.4) is 0 Å². The third-order valence-electron chi connectivity index (χ3n) is 4.37. The van der Waals surface area contributed by atoms with Crippen molar-refractivity contribution in [1.29, 1.82) is 0 Å². The smallest absolute Gasteiger partial charge is 0.0329 e. The molecule has 2 N–H and O–H groups in total. The van der Waals surface area contributed by atoms with E-state index in [1.165, 1.54) is 32.2 Å². The van der Waals surface area contributed by atoms with Gasteiger partial charge in [0.2, 0.25) is 0 Å². The Balaban J connectivity index is 2.40. The van der Waals surface area contributed by atoms with Gasteiger partial charge in [0.15, 0.2) is 0 Å². The standard InChI is InChI=1S/C13H29N3/c1-4-16(5-2)11-10-15(3)13(12-14)8-6-7-9-13/h4-12,14H2,1-3H3. The molecule has 0 radical (unpaired) electrons. The average Bonchev–Trinajstić information content (AvgIpc) is 2.80. The van der Waals surface area contributed by atoms with Gasteiger partial charge in [0.05, 0.1) is 0 Å². The lowest BCUT2D eigenvalue weighted by molar-refractivity contribution is 0.115. The molecule has 0 aliphatic heterocycles. The van der Waals surface area contributed by atoms with Gasteiger partial charge in [0.25, 0.3) is 0 Å². The minimum atomic E-state index is 0.313. The van der Waals surface area contributed by atoms with Crippen LogP contribution in [0.1, 0.15) is 39.5 Å². The Kier molecular flexibility index (Phi) is 5.73. The van der Waals surface area contributed by atoms with E-state index in [9.17, 15) is 0 Å². The zero-order chi connectivity index (χ0) is 12.0. The lowest BCUT2D eigenvalue weighted by atomic mass is 9.96. The molecule has 1 fully saturated rings. The molecule has 0 aromatic carbocycles. The predicted octanol–water partition coefficient (Wildman–Crippen LogP) is 1.53. The van der Waals surface area contributed by atoms with Crippen LogP contribution >= 0.6 is 0 Å². The van der Waals surface area contributed by atoms with E-state index in [2.05, 4.69) is 30.7 Å². The normalized spacial score (nSPS) is 19.9. The van der Waals surface area contributed by atoms with Gasteiger partial charge in [-0.1, -0.05) is 26.7 Å². The highest BCUT2D eigenvalue weighted by molar-refractivity contribution is 4.94. The largest absolute Gasteiger partial charge is 0.329 e. The van der Waals surface area contributed by atoms with Gasteiger partial charge >= 0.3 is 0 Å². The molecule has 0 spiro atoms. The first-order valence-electron chi connectivity index (χ1n) is 6.82. The molecular formula is C13H29N3. The first-order chi connectivity index (χ1) is 7.68. The Morgan fingerprint density at radius 3 is 2.06 bits per heavy atom. The third-order valence-corrected chi connectivity index (χ3v) is 4.37. The van der Waals surface area contributed by atoms with E-state index >= 15 is 0 Å². The molecule has 1 rings (SSSR count). The van der Waals surface area contributed by atoms with Crippen LogP contribution in [0.4, 0.5) is 0 Å². The van der Waals surface area contributed by atoms with E-state index < -0.39 is 0 Å². The number of hydrogen-bond acceptors (Lipinski definition) is 3. The van der Waals surface area contributed by atoms with Crippen LogP contribution in [-0.4, -0.2) is 55.1 Å². The SMILES string of the molecule is CCN(CC)CCN(C)C1(CN)CCCC1. The van der Waals surface area contributed by atoms with E-state index in [1.54, 1.807) is 0 Å². The number of nitrogens with two attached hydrogens (primary N) is 1. The number of likely N-dealkylation sites (N-methyl/N-ethyl adjacent to an activating group) is 2. The highest BCUT2D eigenvalue weighted by Gasteiger charge is 2.35. The van der Waals surface area contributed by atoms with Crippen LogP contribution in [0.15, 0.2) is 0 Å². The molecule has 3 heteroatoms. The Hall–Kier alpha value is -0.120. The zero-order valence-corrected chi connectivity index (χ0v) is 11.3. The maximum absolute atomic E-state index is 5.99. The Morgan fingerprint density at radius 2 is 1.62 bits per heavy atom. The first kappa shape index (κ1) is 13.9. The molecule has 0 bridgehead atoms. The summed E-state index contributed by atoms with van der Waals surface area (Å²) in [6, 6.07) is 0. The molecule has 1 saturated carbocycles. The number of nitrogens with zero attached hydrogens (tertiary/aromatic N) is 2. The number of hydrogen-bond donors (Lipinski definition) is 1. The fourth-order valence-electron chi connectivity index (χ4n) is 2.84. The van der Waals surface area contributed by atoms with Gasteiger partial charge in [-0.25, -0.2) is 0 Å². The highest BCUT2D eigenvalue weighted by Crippen LogP contribution is 2.33. The summed E-state index contributed by atoms with van der Waals surface area (Å²) in [6.07, 6.45) is 5.29. The molecule has 0 saturated heterocycles. The van der Waals surface area contributed by atoms with Crippen molar-refractivity contribution < 1.29 is 0 Å². The fourth-order valence-corrected chi connectivity index (χ4v) is 2.84. The molecule has 0 amide bonds. The van der Waals surface area contributed by atoms with E-state index in [1.807, 2.05) is 0 Å². The summed E-state index contributed by atoms with van der Waals surface area (Å²) < 4.78 is 0. The van der Waals surface area contributed by atoms with Crippen LogP contribution < -0.4 is 5.73 Å². The summed E-state index contributed by atoms with van der Waals surface area (Å²) in [5.41, 5.74) is 6.30. The predicted molar refractivity (Wildman–Crippen MR) is 70.7 cm³/mol. The fraction of sp³-hybridized carbons (Fsp3) is 1.00. The summed E-state index contributed by atoms with van der Waals surface area (Å²) in [5, 5.41) is 0. The summed E-state index contributed by atoms with van der Waals surface area (Å²) in [7, 11) is 2.25.